The monoisotopic (exact) mass is 775 g/mol. The quantitative estimate of drug-likeness (QED) is 0.408. The van der Waals surface area contributed by atoms with Crippen molar-refractivity contribution < 1.29 is 35.5 Å². The molecule has 2 aromatic carbocycles. The molecule has 1 spiro atoms. The van der Waals surface area contributed by atoms with Crippen molar-refractivity contribution >= 4 is 43.2 Å². The molecule has 7 aliphatic rings. The Balaban J connectivity index is 1.17. The number of allylic oxidation sites excluding steroid dienone is 1. The first-order chi connectivity index (χ1) is 24.8. The van der Waals surface area contributed by atoms with E-state index in [0.717, 1.165) is 36.8 Å². The average Bonchev–Trinajstić information content (AvgIpc) is 3.33. The highest BCUT2D eigenvalue weighted by Crippen LogP contribution is 2.50. The van der Waals surface area contributed by atoms with Crippen molar-refractivity contribution in [1.82, 2.24) is 9.03 Å². The number of rotatable bonds is 4. The number of ether oxygens (including phenoxy) is 2. The minimum absolute atomic E-state index is 0.00179. The summed E-state index contributed by atoms with van der Waals surface area (Å²) in [5, 5.41) is -0.727. The molecule has 1 amide bonds. The molecule has 0 aromatic heterocycles. The van der Waals surface area contributed by atoms with Crippen molar-refractivity contribution in [3.05, 3.63) is 69.5 Å². The van der Waals surface area contributed by atoms with Crippen LogP contribution in [0.5, 0.6) is 5.75 Å². The fourth-order valence-electron chi connectivity index (χ4n) is 9.50. The van der Waals surface area contributed by atoms with E-state index in [1.807, 2.05) is 13.0 Å². The van der Waals surface area contributed by atoms with Crippen LogP contribution in [0.2, 0.25) is 5.02 Å². The number of hydrogen-bond donors (Lipinski definition) is 1. The van der Waals surface area contributed by atoms with E-state index < -0.39 is 36.6 Å². The molecule has 7 atom stereocenters. The lowest BCUT2D eigenvalue weighted by molar-refractivity contribution is -0.0284. The molecule has 10 nitrogen and oxygen atoms in total. The van der Waals surface area contributed by atoms with Gasteiger partial charge in [0.2, 0.25) is 20.0 Å². The maximum atomic E-state index is 15.5. The Morgan fingerprint density at radius 1 is 1.12 bits per heavy atom. The van der Waals surface area contributed by atoms with Crippen molar-refractivity contribution in [3.8, 4) is 5.75 Å². The van der Waals surface area contributed by atoms with Gasteiger partial charge in [-0.2, -0.15) is 4.31 Å². The normalized spacial score (nSPS) is 33.7. The first kappa shape index (κ1) is 36.3. The summed E-state index contributed by atoms with van der Waals surface area (Å²) in [6.07, 6.45) is 7.27. The number of carbonyl (C=O) groups excluding carboxylic acids is 1. The number of amides is 1. The molecule has 2 aromatic rings. The Morgan fingerprint density at radius 3 is 2.65 bits per heavy atom. The molecule has 282 valence electrons. The van der Waals surface area contributed by atoms with Gasteiger partial charge in [0.1, 0.15) is 11.6 Å². The van der Waals surface area contributed by atoms with Crippen molar-refractivity contribution in [3.63, 3.8) is 0 Å². The van der Waals surface area contributed by atoms with E-state index in [4.69, 9.17) is 21.1 Å². The molecule has 3 aliphatic carbocycles. The average molecular weight is 776 g/mol. The lowest BCUT2D eigenvalue weighted by Crippen LogP contribution is -2.51. The van der Waals surface area contributed by atoms with Crippen LogP contribution in [-0.2, 0) is 36.6 Å². The fourth-order valence-corrected chi connectivity index (χ4v) is 12.5. The van der Waals surface area contributed by atoms with Crippen LogP contribution >= 0.6 is 11.6 Å². The summed E-state index contributed by atoms with van der Waals surface area (Å²) in [6, 6.07) is 8.61. The van der Waals surface area contributed by atoms with Gasteiger partial charge in [0.15, 0.2) is 0 Å². The summed E-state index contributed by atoms with van der Waals surface area (Å²) in [4.78, 5) is 15.9. The second-order valence-corrected chi connectivity index (χ2v) is 20.4. The zero-order valence-corrected chi connectivity index (χ0v) is 32.0. The van der Waals surface area contributed by atoms with Gasteiger partial charge in [0.25, 0.3) is 5.91 Å². The number of anilines is 1. The fraction of sp³-hybridized carbons (Fsp3) is 0.605. The van der Waals surface area contributed by atoms with Crippen molar-refractivity contribution in [2.45, 2.75) is 75.6 Å². The van der Waals surface area contributed by atoms with Gasteiger partial charge in [-0.25, -0.2) is 25.9 Å². The summed E-state index contributed by atoms with van der Waals surface area (Å²) in [5.74, 6) is -0.186. The number of fused-ring (bicyclic) bond motifs is 6. The zero-order valence-electron chi connectivity index (χ0n) is 29.7. The maximum absolute atomic E-state index is 15.5. The molecule has 9 rings (SSSR count). The molecule has 0 radical (unpaired) electrons. The van der Waals surface area contributed by atoms with Gasteiger partial charge in [0.05, 0.1) is 41.0 Å². The van der Waals surface area contributed by atoms with Crippen molar-refractivity contribution in [1.29, 1.82) is 0 Å². The maximum Gasteiger partial charge on any atom is 0.264 e. The molecule has 0 unspecified atom stereocenters. The minimum atomic E-state index is -4.02. The van der Waals surface area contributed by atoms with E-state index in [1.54, 1.807) is 31.2 Å². The second kappa shape index (κ2) is 13.5. The van der Waals surface area contributed by atoms with E-state index >= 15 is 4.39 Å². The van der Waals surface area contributed by atoms with Crippen molar-refractivity contribution in [2.24, 2.45) is 23.7 Å². The van der Waals surface area contributed by atoms with Gasteiger partial charge in [-0.3, -0.25) is 4.79 Å². The molecule has 4 aliphatic heterocycles. The van der Waals surface area contributed by atoms with E-state index in [2.05, 4.69) is 15.7 Å². The molecule has 4 bridgehead atoms. The largest absolute Gasteiger partial charge is 0.490 e. The third-order valence-electron chi connectivity index (χ3n) is 13.0. The third kappa shape index (κ3) is 6.35. The summed E-state index contributed by atoms with van der Waals surface area (Å²) in [7, 11) is -7.27. The standard InChI is InChI=1S/C38H47ClFN3O7S2/c1-23-24(2)52(47,48)41-37(44)25-7-11-34-33(19-25)42(21-38(22-50-34)12-3-5-30-31(38)9-10-32(39)35(30)40)20-26-6-8-29(26)36(28-17-27(23)18-28)49-15-14-43-13-4-16-51(43,45)46/h7,9-11,17,19,23-24,26-27,29,36H,3-6,8,12-16,18,20-22H2,1-2H3,(H,41,44)/t23-,24-,26+,27+,29-,36+,38+/m1/s1. The van der Waals surface area contributed by atoms with E-state index in [9.17, 15) is 21.6 Å². The molecule has 52 heavy (non-hydrogen) atoms. The van der Waals surface area contributed by atoms with Crippen molar-refractivity contribution in [2.75, 3.05) is 50.0 Å². The lowest BCUT2D eigenvalue weighted by Gasteiger charge is -2.48. The van der Waals surface area contributed by atoms with Gasteiger partial charge in [0, 0.05) is 37.2 Å². The van der Waals surface area contributed by atoms with Crippen LogP contribution in [0.1, 0.15) is 73.9 Å². The number of nitrogens with zero attached hydrogens (tertiary/aromatic N) is 2. The molecule has 4 heterocycles. The van der Waals surface area contributed by atoms with Crippen LogP contribution in [-0.4, -0.2) is 83.5 Å². The minimum Gasteiger partial charge on any atom is -0.490 e. The number of halogens is 2. The van der Waals surface area contributed by atoms with Crippen LogP contribution in [0.4, 0.5) is 10.1 Å². The van der Waals surface area contributed by atoms with E-state index in [0.29, 0.717) is 69.0 Å². The summed E-state index contributed by atoms with van der Waals surface area (Å²) < 4.78 is 84.8. The molecule has 1 saturated heterocycles. The smallest absolute Gasteiger partial charge is 0.264 e. The Labute approximate surface area is 311 Å². The summed E-state index contributed by atoms with van der Waals surface area (Å²) in [6.45, 7) is 6.10. The first-order valence-electron chi connectivity index (χ1n) is 18.6. The van der Waals surface area contributed by atoms with Crippen LogP contribution in [0.15, 0.2) is 42.0 Å². The molecular formula is C38H47ClFN3O7S2. The van der Waals surface area contributed by atoms with Gasteiger partial charge in [-0.1, -0.05) is 30.7 Å². The van der Waals surface area contributed by atoms with Crippen LogP contribution in [0.25, 0.3) is 0 Å². The van der Waals surface area contributed by atoms with Gasteiger partial charge in [-0.05, 0) is 117 Å². The molecule has 1 N–H and O–H groups in total. The van der Waals surface area contributed by atoms with Gasteiger partial charge >= 0.3 is 0 Å². The highest BCUT2D eigenvalue weighted by Gasteiger charge is 2.48. The molecule has 2 fully saturated rings. The number of sulfonamides is 2. The molecule has 14 heteroatoms. The second-order valence-electron chi connectivity index (χ2n) is 15.9. The molecular weight excluding hydrogens is 729 g/mol. The van der Waals surface area contributed by atoms with Gasteiger partial charge in [-0.15, -0.1) is 0 Å². The predicted molar refractivity (Wildman–Crippen MR) is 197 cm³/mol. The van der Waals surface area contributed by atoms with Crippen LogP contribution < -0.4 is 14.4 Å². The highest BCUT2D eigenvalue weighted by atomic mass is 35.5. The number of nitrogens with one attached hydrogen (secondary N) is 1. The number of carbonyl (C=O) groups is 1. The number of benzene rings is 2. The topological polar surface area (TPSA) is 122 Å². The van der Waals surface area contributed by atoms with E-state index in [1.165, 1.54) is 4.31 Å². The highest BCUT2D eigenvalue weighted by molar-refractivity contribution is 7.90. The first-order valence-corrected chi connectivity index (χ1v) is 22.1. The SMILES string of the molecule is C[C@@H]1[C@@H](C)S(=O)(=O)NC(=O)c2ccc3c(c2)N(C[C@@H]2CC[C@H]2[C@@H](OCCN2CCCS2(=O)=O)C2=C[C@H]1C2)C[C@@]1(CCCc2c1ccc(Cl)c2F)CO3. The lowest BCUT2D eigenvalue weighted by atomic mass is 9.64. The van der Waals surface area contributed by atoms with E-state index in [-0.39, 0.29) is 58.5 Å². The number of hydrogen-bond acceptors (Lipinski definition) is 8. The van der Waals surface area contributed by atoms with Crippen LogP contribution in [0.3, 0.4) is 0 Å². The third-order valence-corrected chi connectivity index (χ3v) is 17.1. The van der Waals surface area contributed by atoms with Crippen LogP contribution in [0, 0.1) is 29.5 Å². The Hall–Kier alpha value is -2.71. The predicted octanol–water partition coefficient (Wildman–Crippen LogP) is 5.44. The Bertz CT molecular complexity index is 2030. The van der Waals surface area contributed by atoms with Gasteiger partial charge < -0.3 is 14.4 Å². The molecule has 1 saturated carbocycles. The summed E-state index contributed by atoms with van der Waals surface area (Å²) >= 11 is 6.25. The summed E-state index contributed by atoms with van der Waals surface area (Å²) in [5.41, 5.74) is 3.01. The zero-order chi connectivity index (χ0) is 36.6. The Morgan fingerprint density at radius 2 is 1.92 bits per heavy atom. The Kier molecular flexibility index (Phi) is 9.45.